The molecule has 1 saturated heterocycles. The van der Waals surface area contributed by atoms with E-state index in [-0.39, 0.29) is 11.8 Å². The summed E-state index contributed by atoms with van der Waals surface area (Å²) in [5.74, 6) is 1.30. The number of ketones is 1. The minimum absolute atomic E-state index is 0.0608. The highest BCUT2D eigenvalue weighted by molar-refractivity contribution is 5.89. The van der Waals surface area contributed by atoms with E-state index in [1.54, 1.807) is 0 Å². The van der Waals surface area contributed by atoms with Crippen LogP contribution in [0.15, 0.2) is 24.3 Å². The van der Waals surface area contributed by atoms with E-state index in [0.29, 0.717) is 25.6 Å². The highest BCUT2D eigenvalue weighted by Gasteiger charge is 2.34. The van der Waals surface area contributed by atoms with Crippen LogP contribution in [-0.4, -0.2) is 25.6 Å². The number of fused-ring (bicyclic) bond motifs is 1. The third kappa shape index (κ3) is 1.95. The number of hydrogen-bond donors (Lipinski definition) is 0. The molecular formula is C14H16O3. The summed E-state index contributed by atoms with van der Waals surface area (Å²) in [5.41, 5.74) is 1.06. The van der Waals surface area contributed by atoms with E-state index in [9.17, 15) is 4.79 Å². The summed E-state index contributed by atoms with van der Waals surface area (Å²) in [6.45, 7) is 1.94. The second-order valence-corrected chi connectivity index (χ2v) is 4.69. The maximum absolute atomic E-state index is 12.4. The van der Waals surface area contributed by atoms with Gasteiger partial charge in [-0.05, 0) is 18.9 Å². The van der Waals surface area contributed by atoms with Crippen molar-refractivity contribution >= 4 is 5.78 Å². The van der Waals surface area contributed by atoms with Crippen molar-refractivity contribution in [2.75, 3.05) is 19.8 Å². The zero-order chi connectivity index (χ0) is 11.7. The smallest absolute Gasteiger partial charge is 0.147 e. The predicted octanol–water partition coefficient (Wildman–Crippen LogP) is 2.16. The van der Waals surface area contributed by atoms with Gasteiger partial charge in [-0.15, -0.1) is 0 Å². The standard InChI is InChI=1S/C14H16O3/c15-14(10-5-7-16-8-6-10)12-9-17-13-4-2-1-3-11(12)13/h1-4,10,12H,5-9H2. The Bertz CT molecular complexity index is 421. The molecular weight excluding hydrogens is 216 g/mol. The van der Waals surface area contributed by atoms with Crippen LogP contribution in [0.2, 0.25) is 0 Å². The van der Waals surface area contributed by atoms with E-state index in [2.05, 4.69) is 0 Å². The molecule has 0 radical (unpaired) electrons. The first-order valence-electron chi connectivity index (χ1n) is 6.19. The Balaban J connectivity index is 1.79. The zero-order valence-electron chi connectivity index (χ0n) is 9.72. The molecule has 1 atom stereocenters. The van der Waals surface area contributed by atoms with Gasteiger partial charge in [0, 0.05) is 24.7 Å². The number of Topliss-reactive ketones (excluding diaryl/α,β-unsaturated/α-hetero) is 1. The quantitative estimate of drug-likeness (QED) is 0.783. The van der Waals surface area contributed by atoms with Gasteiger partial charge in [0.2, 0.25) is 0 Å². The van der Waals surface area contributed by atoms with Crippen LogP contribution in [0.3, 0.4) is 0 Å². The molecule has 0 amide bonds. The van der Waals surface area contributed by atoms with Crippen LogP contribution in [0.4, 0.5) is 0 Å². The van der Waals surface area contributed by atoms with Crippen molar-refractivity contribution in [1.29, 1.82) is 0 Å². The van der Waals surface area contributed by atoms with Crippen molar-refractivity contribution in [2.24, 2.45) is 5.92 Å². The maximum atomic E-state index is 12.4. The van der Waals surface area contributed by atoms with Gasteiger partial charge >= 0.3 is 0 Å². The molecule has 1 fully saturated rings. The van der Waals surface area contributed by atoms with Gasteiger partial charge in [-0.3, -0.25) is 4.79 Å². The molecule has 0 saturated carbocycles. The lowest BCUT2D eigenvalue weighted by Gasteiger charge is -2.23. The lowest BCUT2D eigenvalue weighted by Crippen LogP contribution is -2.28. The summed E-state index contributed by atoms with van der Waals surface area (Å²) in [6.07, 6.45) is 1.72. The van der Waals surface area contributed by atoms with Gasteiger partial charge in [-0.2, -0.15) is 0 Å². The summed E-state index contributed by atoms with van der Waals surface area (Å²) < 4.78 is 10.9. The molecule has 0 bridgehead atoms. The largest absolute Gasteiger partial charge is 0.492 e. The van der Waals surface area contributed by atoms with Gasteiger partial charge in [-0.25, -0.2) is 0 Å². The molecule has 2 aliphatic heterocycles. The fourth-order valence-electron chi connectivity index (χ4n) is 2.66. The summed E-state index contributed by atoms with van der Waals surface area (Å²) in [5, 5.41) is 0. The molecule has 3 heteroatoms. The second kappa shape index (κ2) is 4.49. The van der Waals surface area contributed by atoms with Gasteiger partial charge in [0.25, 0.3) is 0 Å². The Morgan fingerprint density at radius 1 is 1.18 bits per heavy atom. The van der Waals surface area contributed by atoms with Crippen LogP contribution in [0.5, 0.6) is 5.75 Å². The summed E-state index contributed by atoms with van der Waals surface area (Å²) in [7, 11) is 0. The number of para-hydroxylation sites is 1. The molecule has 90 valence electrons. The molecule has 17 heavy (non-hydrogen) atoms. The van der Waals surface area contributed by atoms with Crippen molar-refractivity contribution < 1.29 is 14.3 Å². The average molecular weight is 232 g/mol. The van der Waals surface area contributed by atoms with Crippen LogP contribution in [0.1, 0.15) is 24.3 Å². The normalized spacial score (nSPS) is 24.1. The second-order valence-electron chi connectivity index (χ2n) is 4.69. The fourth-order valence-corrected chi connectivity index (χ4v) is 2.66. The summed E-state index contributed by atoms with van der Waals surface area (Å²) >= 11 is 0. The van der Waals surface area contributed by atoms with Gasteiger partial charge in [0.1, 0.15) is 18.1 Å². The predicted molar refractivity (Wildman–Crippen MR) is 63.2 cm³/mol. The molecule has 2 heterocycles. The van der Waals surface area contributed by atoms with Crippen LogP contribution in [0.25, 0.3) is 0 Å². The Labute approximate surface area is 101 Å². The van der Waals surface area contributed by atoms with Crippen LogP contribution in [0, 0.1) is 5.92 Å². The Hall–Kier alpha value is -1.35. The Morgan fingerprint density at radius 2 is 1.94 bits per heavy atom. The van der Waals surface area contributed by atoms with E-state index in [1.807, 2.05) is 24.3 Å². The summed E-state index contributed by atoms with van der Waals surface area (Å²) in [4.78, 5) is 12.4. The first-order valence-corrected chi connectivity index (χ1v) is 6.19. The topological polar surface area (TPSA) is 35.5 Å². The van der Waals surface area contributed by atoms with Gasteiger partial charge < -0.3 is 9.47 Å². The molecule has 0 aliphatic carbocycles. The molecule has 1 unspecified atom stereocenters. The van der Waals surface area contributed by atoms with E-state index in [1.165, 1.54) is 0 Å². The summed E-state index contributed by atoms with van der Waals surface area (Å²) in [6, 6.07) is 7.86. The number of benzene rings is 1. The van der Waals surface area contributed by atoms with Crippen molar-refractivity contribution in [2.45, 2.75) is 18.8 Å². The monoisotopic (exact) mass is 232 g/mol. The third-order valence-electron chi connectivity index (χ3n) is 3.67. The number of rotatable bonds is 2. The Morgan fingerprint density at radius 3 is 2.76 bits per heavy atom. The van der Waals surface area contributed by atoms with E-state index >= 15 is 0 Å². The van der Waals surface area contributed by atoms with Gasteiger partial charge in [0.15, 0.2) is 0 Å². The first kappa shape index (κ1) is 10.8. The molecule has 2 aliphatic rings. The molecule has 3 nitrogen and oxygen atoms in total. The van der Waals surface area contributed by atoms with Gasteiger partial charge in [0.05, 0.1) is 5.92 Å². The van der Waals surface area contributed by atoms with Crippen LogP contribution in [-0.2, 0) is 9.53 Å². The SMILES string of the molecule is O=C(C1CCOCC1)C1COc2ccccc21. The highest BCUT2D eigenvalue weighted by atomic mass is 16.5. The molecule has 0 aromatic heterocycles. The number of ether oxygens (including phenoxy) is 2. The number of carbonyl (C=O) groups is 1. The van der Waals surface area contributed by atoms with Crippen LogP contribution >= 0.6 is 0 Å². The van der Waals surface area contributed by atoms with Crippen molar-refractivity contribution in [3.63, 3.8) is 0 Å². The van der Waals surface area contributed by atoms with Crippen molar-refractivity contribution in [3.8, 4) is 5.75 Å². The lowest BCUT2D eigenvalue weighted by atomic mass is 9.85. The lowest BCUT2D eigenvalue weighted by molar-refractivity contribution is -0.127. The van der Waals surface area contributed by atoms with E-state index < -0.39 is 0 Å². The Kier molecular flexibility index (Phi) is 2.85. The maximum Gasteiger partial charge on any atom is 0.147 e. The highest BCUT2D eigenvalue weighted by Crippen LogP contribution is 2.36. The van der Waals surface area contributed by atoms with Gasteiger partial charge in [-0.1, -0.05) is 18.2 Å². The number of hydrogen-bond acceptors (Lipinski definition) is 3. The molecule has 3 rings (SSSR count). The fraction of sp³-hybridized carbons (Fsp3) is 0.500. The van der Waals surface area contributed by atoms with E-state index in [0.717, 1.165) is 24.2 Å². The molecule has 1 aromatic rings. The minimum atomic E-state index is -0.0608. The average Bonchev–Trinajstić information content (AvgIpc) is 2.83. The third-order valence-corrected chi connectivity index (χ3v) is 3.67. The van der Waals surface area contributed by atoms with Crippen LogP contribution < -0.4 is 4.74 Å². The molecule has 0 N–H and O–H groups in total. The van der Waals surface area contributed by atoms with Crippen molar-refractivity contribution in [3.05, 3.63) is 29.8 Å². The zero-order valence-corrected chi connectivity index (χ0v) is 9.72. The minimum Gasteiger partial charge on any atom is -0.492 e. The first-order chi connectivity index (χ1) is 8.36. The number of carbonyl (C=O) groups excluding carboxylic acids is 1. The molecule has 0 spiro atoms. The molecule has 1 aromatic carbocycles. The van der Waals surface area contributed by atoms with E-state index in [4.69, 9.17) is 9.47 Å². The van der Waals surface area contributed by atoms with Crippen molar-refractivity contribution in [1.82, 2.24) is 0 Å².